The molecule has 2 aromatic rings. The van der Waals surface area contributed by atoms with Gasteiger partial charge < -0.3 is 20.3 Å². The number of hydrogen-bond acceptors (Lipinski definition) is 6. The van der Waals surface area contributed by atoms with E-state index in [2.05, 4.69) is 26.6 Å². The number of ether oxygens (including phenoxy) is 1. The molecule has 0 radical (unpaired) electrons. The Morgan fingerprint density at radius 3 is 2.58 bits per heavy atom. The number of carbonyl (C=O) groups excluding carboxylic acids is 3. The first-order valence-corrected chi connectivity index (χ1v) is 11.4. The van der Waals surface area contributed by atoms with Crippen LogP contribution in [0.3, 0.4) is 0 Å². The summed E-state index contributed by atoms with van der Waals surface area (Å²) in [6, 6.07) is 8.36. The summed E-state index contributed by atoms with van der Waals surface area (Å²) >= 11 is 10.9. The number of likely N-dealkylation sites (N-methyl/N-ethyl adjacent to an activating group) is 1. The van der Waals surface area contributed by atoms with E-state index >= 15 is 0 Å². The van der Waals surface area contributed by atoms with Gasteiger partial charge in [0.1, 0.15) is 5.54 Å². The van der Waals surface area contributed by atoms with Gasteiger partial charge in [-0.3, -0.25) is 14.5 Å². The minimum Gasteiger partial charge on any atom is -0.399 e. The molecule has 2 heterocycles. The molecule has 1 aromatic heterocycles. The van der Waals surface area contributed by atoms with Crippen LogP contribution in [0.5, 0.6) is 5.06 Å². The quantitative estimate of drug-likeness (QED) is 0.612. The number of benzene rings is 1. The van der Waals surface area contributed by atoms with Gasteiger partial charge >= 0.3 is 6.09 Å². The average Bonchev–Trinajstić information content (AvgIpc) is 3.06. The highest BCUT2D eigenvalue weighted by Gasteiger charge is 2.31. The number of carbonyl (C=O) groups is 3. The van der Waals surface area contributed by atoms with Gasteiger partial charge in [0.05, 0.1) is 21.0 Å². The lowest BCUT2D eigenvalue weighted by molar-refractivity contribution is -0.121. The second kappa shape index (κ2) is 9.56. The van der Waals surface area contributed by atoms with Crippen LogP contribution in [0.25, 0.3) is 0 Å². The predicted octanol–water partition coefficient (Wildman–Crippen LogP) is 3.95. The first kappa shape index (κ1) is 23.5. The Hall–Kier alpha value is -2.14. The van der Waals surface area contributed by atoms with Crippen molar-refractivity contribution < 1.29 is 19.1 Å². The average molecular weight is 530 g/mol. The lowest BCUT2D eigenvalue weighted by Gasteiger charge is -2.32. The molecule has 0 unspecified atom stereocenters. The summed E-state index contributed by atoms with van der Waals surface area (Å²) in [5.41, 5.74) is -0.198. The maximum absolute atomic E-state index is 12.7. The molecule has 0 atom stereocenters. The first-order chi connectivity index (χ1) is 14.5. The van der Waals surface area contributed by atoms with Gasteiger partial charge in [0, 0.05) is 18.8 Å². The van der Waals surface area contributed by atoms with Crippen LogP contribution in [0.1, 0.15) is 13.8 Å². The monoisotopic (exact) mass is 528 g/mol. The second-order valence-electron chi connectivity index (χ2n) is 7.60. The Balaban J connectivity index is 1.63. The minimum absolute atomic E-state index is 0.0333. The molecular formula is C20H22BrClN4O4S. The number of piperazine rings is 1. The lowest BCUT2D eigenvalue weighted by atomic mass is 10.0. The molecule has 0 bridgehead atoms. The van der Waals surface area contributed by atoms with Gasteiger partial charge in [0.2, 0.25) is 11.8 Å². The Morgan fingerprint density at radius 2 is 1.97 bits per heavy atom. The third kappa shape index (κ3) is 5.97. The Labute approximate surface area is 197 Å². The highest BCUT2D eigenvalue weighted by Crippen LogP contribution is 2.31. The van der Waals surface area contributed by atoms with Crippen LogP contribution >= 0.6 is 38.9 Å². The third-order valence-electron chi connectivity index (χ3n) is 4.63. The number of nitrogens with one attached hydrogen (secondary N) is 2. The predicted molar refractivity (Wildman–Crippen MR) is 125 cm³/mol. The molecule has 8 nitrogen and oxygen atoms in total. The largest absolute Gasteiger partial charge is 0.414 e. The summed E-state index contributed by atoms with van der Waals surface area (Å²) in [6.07, 6.45) is -0.739. The standard InChI is InChI=1S/C20H22BrClN4O4S/c1-20(2,24-19(29)30-17-7-6-15(21)31-17)18(28)23-12-4-5-14(13(22)10-12)26-9-8-25(3)11-16(26)27/h4-7,10H,8-9,11H2,1-3H3,(H,23,28)(H,24,29). The molecule has 1 fully saturated rings. The lowest BCUT2D eigenvalue weighted by Crippen LogP contribution is -2.53. The number of amides is 3. The van der Waals surface area contributed by atoms with Gasteiger partial charge in [-0.15, -0.1) is 0 Å². The number of rotatable bonds is 5. The van der Waals surface area contributed by atoms with Crippen molar-refractivity contribution in [1.82, 2.24) is 10.2 Å². The second-order valence-corrected chi connectivity index (χ2v) is 10.4. The fraction of sp³-hybridized carbons (Fsp3) is 0.350. The number of halogens is 2. The van der Waals surface area contributed by atoms with Crippen LogP contribution in [-0.2, 0) is 9.59 Å². The van der Waals surface area contributed by atoms with Crippen molar-refractivity contribution in [3.63, 3.8) is 0 Å². The van der Waals surface area contributed by atoms with Crippen LogP contribution < -0.4 is 20.3 Å². The molecule has 0 spiro atoms. The van der Waals surface area contributed by atoms with Gasteiger partial charge in [0.15, 0.2) is 5.06 Å². The van der Waals surface area contributed by atoms with Crippen molar-refractivity contribution in [1.29, 1.82) is 0 Å². The van der Waals surface area contributed by atoms with Gasteiger partial charge in [-0.1, -0.05) is 22.9 Å². The number of anilines is 2. The summed E-state index contributed by atoms with van der Waals surface area (Å²) in [4.78, 5) is 40.7. The van der Waals surface area contributed by atoms with Crippen LogP contribution in [-0.4, -0.2) is 55.0 Å². The maximum atomic E-state index is 12.7. The molecule has 0 aliphatic carbocycles. The van der Waals surface area contributed by atoms with E-state index in [4.69, 9.17) is 16.3 Å². The number of hydrogen-bond donors (Lipinski definition) is 2. The van der Waals surface area contributed by atoms with Crippen LogP contribution in [0.15, 0.2) is 34.1 Å². The molecule has 11 heteroatoms. The molecule has 31 heavy (non-hydrogen) atoms. The van der Waals surface area contributed by atoms with E-state index in [1.807, 2.05) is 11.9 Å². The molecule has 3 rings (SSSR count). The fourth-order valence-corrected chi connectivity index (χ4v) is 4.39. The van der Waals surface area contributed by atoms with Gasteiger partial charge in [-0.25, -0.2) is 4.79 Å². The normalized spacial score (nSPS) is 15.0. The van der Waals surface area contributed by atoms with E-state index in [1.54, 1.807) is 49.1 Å². The van der Waals surface area contributed by atoms with Crippen molar-refractivity contribution >= 4 is 68.2 Å². The van der Waals surface area contributed by atoms with Crippen molar-refractivity contribution in [3.8, 4) is 5.06 Å². The van der Waals surface area contributed by atoms with Crippen molar-refractivity contribution in [2.24, 2.45) is 0 Å². The molecule has 3 amide bonds. The smallest absolute Gasteiger partial charge is 0.399 e. The number of thiophene rings is 1. The van der Waals surface area contributed by atoms with Crippen LogP contribution in [0, 0.1) is 0 Å². The van der Waals surface area contributed by atoms with E-state index in [0.717, 1.165) is 10.3 Å². The maximum Gasteiger partial charge on any atom is 0.414 e. The zero-order valence-electron chi connectivity index (χ0n) is 17.2. The molecule has 1 aromatic carbocycles. The van der Waals surface area contributed by atoms with E-state index in [-0.39, 0.29) is 5.91 Å². The molecular weight excluding hydrogens is 508 g/mol. The number of nitrogens with zero attached hydrogens (tertiary/aromatic N) is 2. The summed E-state index contributed by atoms with van der Waals surface area (Å²) < 4.78 is 6.01. The van der Waals surface area contributed by atoms with Crippen LogP contribution in [0.4, 0.5) is 16.2 Å². The summed E-state index contributed by atoms with van der Waals surface area (Å²) in [5.74, 6) is -0.481. The third-order valence-corrected chi connectivity index (χ3v) is 6.44. The zero-order valence-corrected chi connectivity index (χ0v) is 20.4. The Bertz CT molecular complexity index is 1010. The molecule has 1 saturated heterocycles. The molecule has 0 saturated carbocycles. The molecule has 166 valence electrons. The fourth-order valence-electron chi connectivity index (χ4n) is 2.92. The molecule has 1 aliphatic rings. The SMILES string of the molecule is CN1CCN(c2ccc(NC(=O)C(C)(C)NC(=O)Oc3ccc(Br)s3)cc2Cl)C(=O)C1. The summed E-state index contributed by atoms with van der Waals surface area (Å²) in [5, 5.41) is 6.04. The summed E-state index contributed by atoms with van der Waals surface area (Å²) in [6.45, 7) is 4.74. The highest BCUT2D eigenvalue weighted by molar-refractivity contribution is 9.11. The van der Waals surface area contributed by atoms with E-state index in [0.29, 0.717) is 34.6 Å². The zero-order chi connectivity index (χ0) is 22.8. The van der Waals surface area contributed by atoms with Crippen molar-refractivity contribution in [2.75, 3.05) is 36.9 Å². The van der Waals surface area contributed by atoms with E-state index < -0.39 is 17.5 Å². The van der Waals surface area contributed by atoms with Gasteiger partial charge in [-0.05, 0) is 67.2 Å². The van der Waals surface area contributed by atoms with Crippen molar-refractivity contribution in [3.05, 3.63) is 39.1 Å². The highest BCUT2D eigenvalue weighted by atomic mass is 79.9. The Morgan fingerprint density at radius 1 is 1.23 bits per heavy atom. The van der Waals surface area contributed by atoms with E-state index in [1.165, 1.54) is 11.3 Å². The first-order valence-electron chi connectivity index (χ1n) is 9.40. The molecule has 2 N–H and O–H groups in total. The minimum atomic E-state index is -1.25. The van der Waals surface area contributed by atoms with E-state index in [9.17, 15) is 14.4 Å². The molecule has 1 aliphatic heterocycles. The topological polar surface area (TPSA) is 91.0 Å². The van der Waals surface area contributed by atoms with Gasteiger partial charge in [-0.2, -0.15) is 0 Å². The van der Waals surface area contributed by atoms with Crippen molar-refractivity contribution in [2.45, 2.75) is 19.4 Å². The summed E-state index contributed by atoms with van der Waals surface area (Å²) in [7, 11) is 1.89. The van der Waals surface area contributed by atoms with Gasteiger partial charge in [0.25, 0.3) is 0 Å². The van der Waals surface area contributed by atoms with Crippen LogP contribution in [0.2, 0.25) is 5.02 Å². The Kier molecular flexibility index (Phi) is 7.25.